The van der Waals surface area contributed by atoms with Gasteiger partial charge in [-0.05, 0) is 31.2 Å². The number of carbonyl (C=O) groups is 1. The third-order valence-electron chi connectivity index (χ3n) is 2.54. The summed E-state index contributed by atoms with van der Waals surface area (Å²) in [4.78, 5) is 10.9. The third-order valence-corrected chi connectivity index (χ3v) is 3.09. The van der Waals surface area contributed by atoms with Crippen LogP contribution in [0.2, 0.25) is 10.0 Å². The van der Waals surface area contributed by atoms with Crippen molar-refractivity contribution in [3.05, 3.63) is 51.8 Å². The molecule has 0 spiro atoms. The highest BCUT2D eigenvalue weighted by Gasteiger charge is 2.13. The topological polar surface area (TPSA) is 42.2 Å². The molecule has 0 amide bonds. The van der Waals surface area contributed by atoms with Crippen LogP contribution in [0.25, 0.3) is 5.69 Å². The zero-order chi connectivity index (χ0) is 12.6. The first kappa shape index (κ1) is 12.0. The molecule has 1 aromatic heterocycles. The summed E-state index contributed by atoms with van der Waals surface area (Å²) in [5.41, 5.74) is 1.53. The summed E-state index contributed by atoms with van der Waals surface area (Å²) in [7, 11) is 0. The Morgan fingerprint density at radius 3 is 2.59 bits per heavy atom. The predicted molar refractivity (Wildman–Crippen MR) is 67.5 cm³/mol. The van der Waals surface area contributed by atoms with E-state index in [9.17, 15) is 4.79 Å². The summed E-state index contributed by atoms with van der Waals surface area (Å²) in [6.07, 6.45) is 1.66. The smallest absolute Gasteiger partial charge is 0.337 e. The maximum Gasteiger partial charge on any atom is 0.337 e. The van der Waals surface area contributed by atoms with Gasteiger partial charge in [0.2, 0.25) is 0 Å². The number of halogens is 2. The van der Waals surface area contributed by atoms with Crippen molar-refractivity contribution in [2.24, 2.45) is 0 Å². The fraction of sp³-hybridized carbons (Fsp3) is 0.0833. The van der Waals surface area contributed by atoms with Gasteiger partial charge < -0.3 is 9.67 Å². The molecule has 1 N–H and O–H groups in total. The molecule has 0 saturated carbocycles. The molecule has 0 fully saturated rings. The molecule has 5 heteroatoms. The second-order valence-electron chi connectivity index (χ2n) is 3.59. The van der Waals surface area contributed by atoms with Gasteiger partial charge >= 0.3 is 5.97 Å². The van der Waals surface area contributed by atoms with Gasteiger partial charge in [0.15, 0.2) is 0 Å². The summed E-state index contributed by atoms with van der Waals surface area (Å²) in [5, 5.41) is 10.0. The molecule has 0 aliphatic heterocycles. The number of benzene rings is 1. The third kappa shape index (κ3) is 2.16. The molecule has 0 atom stereocenters. The molecule has 1 heterocycles. The SMILES string of the molecule is Cc1c(C(=O)O)ccn1-c1cc(Cl)ccc1Cl. The summed E-state index contributed by atoms with van der Waals surface area (Å²) < 4.78 is 1.71. The quantitative estimate of drug-likeness (QED) is 0.902. The standard InChI is InChI=1S/C12H9Cl2NO2/c1-7-9(12(16)17)4-5-15(7)11-6-8(13)2-3-10(11)14/h2-6H,1H3,(H,16,17). The van der Waals surface area contributed by atoms with Crippen LogP contribution in [0.3, 0.4) is 0 Å². The fourth-order valence-corrected chi connectivity index (χ4v) is 2.04. The van der Waals surface area contributed by atoms with Gasteiger partial charge in [0.1, 0.15) is 0 Å². The largest absolute Gasteiger partial charge is 0.478 e. The van der Waals surface area contributed by atoms with Crippen LogP contribution < -0.4 is 0 Å². The van der Waals surface area contributed by atoms with Gasteiger partial charge in [-0.15, -0.1) is 0 Å². The first-order valence-corrected chi connectivity index (χ1v) is 5.63. The van der Waals surface area contributed by atoms with Crippen LogP contribution >= 0.6 is 23.2 Å². The Labute approximate surface area is 108 Å². The monoisotopic (exact) mass is 269 g/mol. The van der Waals surface area contributed by atoms with Gasteiger partial charge in [0.25, 0.3) is 0 Å². The number of aromatic carboxylic acids is 1. The van der Waals surface area contributed by atoms with Crippen molar-refractivity contribution in [2.45, 2.75) is 6.92 Å². The Kier molecular flexibility index (Phi) is 3.13. The minimum atomic E-state index is -0.959. The van der Waals surface area contributed by atoms with Crippen LogP contribution in [-0.2, 0) is 0 Å². The van der Waals surface area contributed by atoms with Crippen molar-refractivity contribution >= 4 is 29.2 Å². The Hall–Kier alpha value is -1.45. The van der Waals surface area contributed by atoms with Crippen molar-refractivity contribution in [3.8, 4) is 5.69 Å². The van der Waals surface area contributed by atoms with Crippen LogP contribution in [0.5, 0.6) is 0 Å². The van der Waals surface area contributed by atoms with Gasteiger partial charge in [-0.1, -0.05) is 23.2 Å². The molecule has 2 aromatic rings. The lowest BCUT2D eigenvalue weighted by Gasteiger charge is -2.09. The number of carboxylic acids is 1. The van der Waals surface area contributed by atoms with Gasteiger partial charge in [-0.25, -0.2) is 4.79 Å². The molecule has 0 aliphatic carbocycles. The summed E-state index contributed by atoms with van der Waals surface area (Å²) in [6.45, 7) is 1.72. The second kappa shape index (κ2) is 4.43. The molecule has 0 unspecified atom stereocenters. The highest BCUT2D eigenvalue weighted by molar-refractivity contribution is 6.34. The van der Waals surface area contributed by atoms with E-state index in [0.29, 0.717) is 21.4 Å². The average Bonchev–Trinajstić information content (AvgIpc) is 2.64. The maximum atomic E-state index is 10.9. The number of carboxylic acid groups (broad SMARTS) is 1. The van der Waals surface area contributed by atoms with Crippen molar-refractivity contribution < 1.29 is 9.90 Å². The van der Waals surface area contributed by atoms with E-state index in [0.717, 1.165) is 0 Å². The number of nitrogens with zero attached hydrogens (tertiary/aromatic N) is 1. The summed E-state index contributed by atoms with van der Waals surface area (Å²) in [5.74, 6) is -0.959. The summed E-state index contributed by atoms with van der Waals surface area (Å²) >= 11 is 12.0. The van der Waals surface area contributed by atoms with Crippen molar-refractivity contribution in [1.82, 2.24) is 4.57 Å². The van der Waals surface area contributed by atoms with E-state index in [1.165, 1.54) is 6.07 Å². The minimum absolute atomic E-state index is 0.251. The first-order valence-electron chi connectivity index (χ1n) is 4.87. The number of hydrogen-bond acceptors (Lipinski definition) is 1. The van der Waals surface area contributed by atoms with Crippen molar-refractivity contribution in [1.29, 1.82) is 0 Å². The van der Waals surface area contributed by atoms with Crippen LogP contribution in [0.4, 0.5) is 0 Å². The van der Waals surface area contributed by atoms with Gasteiger partial charge in [0, 0.05) is 16.9 Å². The van der Waals surface area contributed by atoms with E-state index < -0.39 is 5.97 Å². The lowest BCUT2D eigenvalue weighted by atomic mass is 10.2. The highest BCUT2D eigenvalue weighted by Crippen LogP contribution is 2.26. The first-order chi connectivity index (χ1) is 8.00. The molecule has 1 aromatic carbocycles. The predicted octanol–water partition coefficient (Wildman–Crippen LogP) is 3.79. The Bertz CT molecular complexity index is 590. The molecule has 0 radical (unpaired) electrons. The second-order valence-corrected chi connectivity index (χ2v) is 4.43. The molecular formula is C12H9Cl2NO2. The van der Waals surface area contributed by atoms with Crippen molar-refractivity contribution in [3.63, 3.8) is 0 Å². The molecule has 88 valence electrons. The molecule has 3 nitrogen and oxygen atoms in total. The van der Waals surface area contributed by atoms with Gasteiger partial charge in [0.05, 0.1) is 16.3 Å². The van der Waals surface area contributed by atoms with Crippen LogP contribution in [0.15, 0.2) is 30.5 Å². The van der Waals surface area contributed by atoms with E-state index in [-0.39, 0.29) is 5.56 Å². The van der Waals surface area contributed by atoms with E-state index >= 15 is 0 Å². The zero-order valence-electron chi connectivity index (χ0n) is 8.95. The lowest BCUT2D eigenvalue weighted by Crippen LogP contribution is -2.01. The van der Waals surface area contributed by atoms with Crippen LogP contribution in [0.1, 0.15) is 16.1 Å². The van der Waals surface area contributed by atoms with Crippen molar-refractivity contribution in [2.75, 3.05) is 0 Å². The lowest BCUT2D eigenvalue weighted by molar-refractivity contribution is 0.0696. The average molecular weight is 270 g/mol. The number of aromatic nitrogens is 1. The molecular weight excluding hydrogens is 261 g/mol. The van der Waals surface area contributed by atoms with E-state index in [1.54, 1.807) is 35.9 Å². The summed E-state index contributed by atoms with van der Waals surface area (Å²) in [6, 6.07) is 6.60. The van der Waals surface area contributed by atoms with E-state index in [1.807, 2.05) is 0 Å². The molecule has 0 aliphatic rings. The Balaban J connectivity index is 2.61. The van der Waals surface area contributed by atoms with Crippen LogP contribution in [0, 0.1) is 6.92 Å². The van der Waals surface area contributed by atoms with E-state index in [4.69, 9.17) is 28.3 Å². The van der Waals surface area contributed by atoms with Gasteiger partial charge in [-0.2, -0.15) is 0 Å². The molecule has 17 heavy (non-hydrogen) atoms. The van der Waals surface area contributed by atoms with Gasteiger partial charge in [-0.3, -0.25) is 0 Å². The molecule has 2 rings (SSSR count). The Morgan fingerprint density at radius 1 is 1.29 bits per heavy atom. The minimum Gasteiger partial charge on any atom is -0.478 e. The van der Waals surface area contributed by atoms with E-state index in [2.05, 4.69) is 0 Å². The normalized spacial score (nSPS) is 10.5. The highest BCUT2D eigenvalue weighted by atomic mass is 35.5. The maximum absolute atomic E-state index is 10.9. The molecule has 0 bridgehead atoms. The van der Waals surface area contributed by atoms with Crippen LogP contribution in [-0.4, -0.2) is 15.6 Å². The number of hydrogen-bond donors (Lipinski definition) is 1. The number of rotatable bonds is 2. The fourth-order valence-electron chi connectivity index (χ4n) is 1.67. The zero-order valence-corrected chi connectivity index (χ0v) is 10.5. The Morgan fingerprint density at radius 2 is 2.00 bits per heavy atom. The molecule has 0 saturated heterocycles.